The summed E-state index contributed by atoms with van der Waals surface area (Å²) in [7, 11) is 0. The molecule has 0 aliphatic rings. The van der Waals surface area contributed by atoms with E-state index in [4.69, 9.17) is 0 Å². The smallest absolute Gasteiger partial charge is 0.125 e. The number of hydrogen-bond acceptors (Lipinski definition) is 9. The molecule has 0 radical (unpaired) electrons. The van der Waals surface area contributed by atoms with Crippen LogP contribution in [0.1, 0.15) is 70.2 Å². The second-order valence-corrected chi connectivity index (χ2v) is 10.3. The van der Waals surface area contributed by atoms with Gasteiger partial charge in [-0.2, -0.15) is 0 Å². The molecule has 9 heteroatoms. The van der Waals surface area contributed by atoms with Crippen molar-refractivity contribution in [2.24, 2.45) is 0 Å². The molecule has 41 heavy (non-hydrogen) atoms. The summed E-state index contributed by atoms with van der Waals surface area (Å²) in [6, 6.07) is 8.13. The van der Waals surface area contributed by atoms with Gasteiger partial charge in [0.05, 0.1) is 0 Å². The van der Waals surface area contributed by atoms with Gasteiger partial charge in [-0.25, -0.2) is 19.9 Å². The topological polar surface area (TPSA) is 103 Å². The zero-order valence-electron chi connectivity index (χ0n) is 24.8. The highest BCUT2D eigenvalue weighted by molar-refractivity contribution is 7.11. The molecule has 222 valence electrons. The van der Waals surface area contributed by atoms with Crippen LogP contribution in [0, 0.1) is 69.2 Å². The normalized spacial score (nSPS) is 8.83. The third-order valence-electron chi connectivity index (χ3n) is 4.57. The number of aromatic nitrogens is 8. The van der Waals surface area contributed by atoms with Crippen LogP contribution in [0.25, 0.3) is 0 Å². The maximum atomic E-state index is 4.08. The van der Waals surface area contributed by atoms with Crippen LogP contribution in [0.2, 0.25) is 0 Å². The molecule has 0 saturated carbocycles. The minimum absolute atomic E-state index is 0. The lowest BCUT2D eigenvalue weighted by Crippen LogP contribution is -1.84. The molecule has 0 N–H and O–H groups in total. The lowest BCUT2D eigenvalue weighted by molar-refractivity contribution is 1.02. The van der Waals surface area contributed by atoms with Crippen LogP contribution in [0.15, 0.2) is 61.4 Å². The minimum atomic E-state index is 0. The van der Waals surface area contributed by atoms with Crippen LogP contribution in [0.5, 0.6) is 0 Å². The van der Waals surface area contributed by atoms with E-state index in [2.05, 4.69) is 52.2 Å². The van der Waals surface area contributed by atoms with E-state index in [0.29, 0.717) is 0 Å². The molecule has 0 aliphatic heterocycles. The van der Waals surface area contributed by atoms with Crippen molar-refractivity contribution in [3.8, 4) is 0 Å². The largest absolute Gasteiger partial charge is 0.261 e. The summed E-state index contributed by atoms with van der Waals surface area (Å²) >= 11 is 1.62. The number of aryl methyl sites for hydroxylation is 10. The van der Waals surface area contributed by atoms with E-state index in [-0.39, 0.29) is 14.9 Å². The Hall–Kier alpha value is -3.98. The molecule has 0 atom stereocenters. The lowest BCUT2D eigenvalue weighted by Gasteiger charge is -1.89. The van der Waals surface area contributed by atoms with E-state index in [1.165, 1.54) is 11.1 Å². The van der Waals surface area contributed by atoms with Crippen molar-refractivity contribution in [1.82, 2.24) is 40.1 Å². The molecular weight excluding hydrogens is 528 g/mol. The predicted octanol–water partition coefficient (Wildman–Crippen LogP) is 8.01. The monoisotopic (exact) mass is 576 g/mol. The molecule has 0 unspecified atom stereocenters. The molecule has 0 aromatic carbocycles. The number of nitrogens with zero attached hydrogens (tertiary/aromatic N) is 8. The van der Waals surface area contributed by atoms with Crippen LogP contribution in [0.4, 0.5) is 0 Å². The van der Waals surface area contributed by atoms with Crippen molar-refractivity contribution < 1.29 is 0 Å². The molecule has 0 bridgehead atoms. The molecule has 0 saturated heterocycles. The van der Waals surface area contributed by atoms with E-state index in [1.807, 2.05) is 119 Å². The Bertz CT molecular complexity index is 1040. The molecule has 0 spiro atoms. The third-order valence-corrected chi connectivity index (χ3v) is 5.32. The Morgan fingerprint density at radius 1 is 0.390 bits per heavy atom. The Morgan fingerprint density at radius 2 is 0.683 bits per heavy atom. The Kier molecular flexibility index (Phi) is 20.8. The molecule has 0 fully saturated rings. The Labute approximate surface area is 251 Å². The van der Waals surface area contributed by atoms with Gasteiger partial charge in [0.2, 0.25) is 0 Å². The van der Waals surface area contributed by atoms with Crippen molar-refractivity contribution >= 4 is 11.3 Å². The van der Waals surface area contributed by atoms with Crippen molar-refractivity contribution in [3.05, 3.63) is 117 Å². The summed E-state index contributed by atoms with van der Waals surface area (Å²) in [5, 5.41) is 9.65. The zero-order chi connectivity index (χ0) is 29.2. The third kappa shape index (κ3) is 20.6. The van der Waals surface area contributed by atoms with Gasteiger partial charge in [0, 0.05) is 48.6 Å². The lowest BCUT2D eigenvalue weighted by atomic mass is 10.3. The fourth-order valence-corrected chi connectivity index (χ4v) is 2.98. The molecule has 5 aromatic rings. The fourth-order valence-electron chi connectivity index (χ4n) is 2.39. The highest BCUT2D eigenvalue weighted by Crippen LogP contribution is 2.04. The number of rotatable bonds is 0. The zero-order valence-corrected chi connectivity index (χ0v) is 25.6. The van der Waals surface area contributed by atoms with Crippen LogP contribution in [-0.4, -0.2) is 40.1 Å². The molecule has 5 heterocycles. The van der Waals surface area contributed by atoms with Gasteiger partial charge in [-0.15, -0.1) is 21.5 Å². The molecule has 0 amide bonds. The molecular formula is C32H48N8S. The van der Waals surface area contributed by atoms with Gasteiger partial charge < -0.3 is 0 Å². The minimum Gasteiger partial charge on any atom is -0.261 e. The second-order valence-electron chi connectivity index (χ2n) is 8.91. The van der Waals surface area contributed by atoms with Gasteiger partial charge in [0.1, 0.15) is 21.7 Å². The standard InChI is InChI=1S/2C7H9N.2C6H8N2.C4H6N2S.2CH4/c2*1-6-3-4-7(2)8-5-6;2*1-5-3-7-6(2)8-4-5;1-3-5-6-4(2)7-3;;/h2*3-5H,1-2H3;2*3-4H,1-2H3;1-2H3;2*1H4. The Morgan fingerprint density at radius 3 is 0.854 bits per heavy atom. The second kappa shape index (κ2) is 21.8. The van der Waals surface area contributed by atoms with Gasteiger partial charge in [0.15, 0.2) is 0 Å². The first kappa shape index (κ1) is 39.2. The summed E-state index contributed by atoms with van der Waals surface area (Å²) in [4.78, 5) is 24.0. The van der Waals surface area contributed by atoms with Crippen LogP contribution >= 0.6 is 11.3 Å². The predicted molar refractivity (Wildman–Crippen MR) is 173 cm³/mol. The summed E-state index contributed by atoms with van der Waals surface area (Å²) < 4.78 is 0. The Balaban J connectivity index is 0. The molecule has 5 aromatic heterocycles. The van der Waals surface area contributed by atoms with Gasteiger partial charge >= 0.3 is 0 Å². The van der Waals surface area contributed by atoms with E-state index in [1.54, 1.807) is 11.3 Å². The van der Waals surface area contributed by atoms with Gasteiger partial charge in [-0.3, -0.25) is 9.97 Å². The quantitative estimate of drug-likeness (QED) is 0.183. The first-order valence-electron chi connectivity index (χ1n) is 12.5. The molecule has 8 nitrogen and oxygen atoms in total. The van der Waals surface area contributed by atoms with Crippen LogP contribution in [-0.2, 0) is 0 Å². The number of pyridine rings is 2. The highest BCUT2D eigenvalue weighted by atomic mass is 32.1. The SMILES string of the molecule is C.C.Cc1ccc(C)nc1.Cc1ccc(C)nc1.Cc1cnc(C)nc1.Cc1cnc(C)nc1.Cc1nnc(C)s1. The average molecular weight is 577 g/mol. The summed E-state index contributed by atoms with van der Waals surface area (Å²) in [5.41, 5.74) is 6.81. The summed E-state index contributed by atoms with van der Waals surface area (Å²) in [5.74, 6) is 1.66. The van der Waals surface area contributed by atoms with E-state index >= 15 is 0 Å². The number of hydrogen-bond donors (Lipinski definition) is 0. The summed E-state index contributed by atoms with van der Waals surface area (Å²) in [6.45, 7) is 19.6. The van der Waals surface area contributed by atoms with E-state index in [9.17, 15) is 0 Å². The van der Waals surface area contributed by atoms with Crippen molar-refractivity contribution in [2.75, 3.05) is 0 Å². The maximum Gasteiger partial charge on any atom is 0.125 e. The van der Waals surface area contributed by atoms with Gasteiger partial charge in [-0.1, -0.05) is 27.0 Å². The molecule has 5 rings (SSSR count). The molecule has 0 aliphatic carbocycles. The summed E-state index contributed by atoms with van der Waals surface area (Å²) in [6.07, 6.45) is 11.0. The van der Waals surface area contributed by atoms with Crippen LogP contribution < -0.4 is 0 Å². The van der Waals surface area contributed by atoms with E-state index < -0.39 is 0 Å². The first-order valence-corrected chi connectivity index (χ1v) is 13.3. The fraction of sp³-hybridized carbons (Fsp3) is 0.375. The maximum absolute atomic E-state index is 4.08. The van der Waals surface area contributed by atoms with Gasteiger partial charge in [-0.05, 0) is 104 Å². The van der Waals surface area contributed by atoms with Crippen molar-refractivity contribution in [1.29, 1.82) is 0 Å². The average Bonchev–Trinajstić information content (AvgIpc) is 3.30. The first-order chi connectivity index (χ1) is 18.4. The van der Waals surface area contributed by atoms with E-state index in [0.717, 1.165) is 44.2 Å². The van der Waals surface area contributed by atoms with Crippen molar-refractivity contribution in [2.45, 2.75) is 84.1 Å². The van der Waals surface area contributed by atoms with Crippen molar-refractivity contribution in [3.63, 3.8) is 0 Å². The van der Waals surface area contributed by atoms with Crippen LogP contribution in [0.3, 0.4) is 0 Å². The van der Waals surface area contributed by atoms with Gasteiger partial charge in [0.25, 0.3) is 0 Å². The highest BCUT2D eigenvalue weighted by Gasteiger charge is 1.88.